The monoisotopic (exact) mass is 299 g/mol. The summed E-state index contributed by atoms with van der Waals surface area (Å²) in [5.74, 6) is 0.583. The van der Waals surface area contributed by atoms with Crippen LogP contribution >= 0.6 is 11.8 Å². The Kier molecular flexibility index (Phi) is 3.62. The maximum absolute atomic E-state index is 11.6. The molecule has 21 heavy (non-hydrogen) atoms. The predicted octanol–water partition coefficient (Wildman–Crippen LogP) is 1.40. The molecule has 3 rings (SSSR count). The molecule has 1 saturated heterocycles. The fourth-order valence-corrected chi connectivity index (χ4v) is 3.35. The number of nitriles is 1. The van der Waals surface area contributed by atoms with Gasteiger partial charge in [0.1, 0.15) is 11.1 Å². The van der Waals surface area contributed by atoms with E-state index in [0.717, 1.165) is 11.3 Å². The van der Waals surface area contributed by atoms with Gasteiger partial charge in [0.25, 0.3) is 0 Å². The van der Waals surface area contributed by atoms with Crippen LogP contribution in [-0.2, 0) is 11.3 Å². The Labute approximate surface area is 126 Å². The van der Waals surface area contributed by atoms with Crippen LogP contribution in [0, 0.1) is 11.3 Å². The van der Waals surface area contributed by atoms with E-state index in [1.807, 2.05) is 24.4 Å². The Morgan fingerprint density at radius 3 is 3.00 bits per heavy atom. The first kappa shape index (κ1) is 13.6. The molecule has 106 valence electrons. The lowest BCUT2D eigenvalue weighted by Crippen LogP contribution is -2.23. The van der Waals surface area contributed by atoms with E-state index < -0.39 is 0 Å². The van der Waals surface area contributed by atoms with Crippen molar-refractivity contribution in [3.63, 3.8) is 0 Å². The Morgan fingerprint density at radius 2 is 2.29 bits per heavy atom. The fourth-order valence-electron chi connectivity index (χ4n) is 2.22. The summed E-state index contributed by atoms with van der Waals surface area (Å²) >= 11 is 1.55. The minimum absolute atomic E-state index is 0.0718. The van der Waals surface area contributed by atoms with E-state index in [9.17, 15) is 4.79 Å². The normalized spacial score (nSPS) is 18.0. The average molecular weight is 299 g/mol. The van der Waals surface area contributed by atoms with Crippen LogP contribution in [0.2, 0.25) is 0 Å². The quantitative estimate of drug-likeness (QED) is 0.856. The molecule has 0 aliphatic carbocycles. The van der Waals surface area contributed by atoms with Crippen molar-refractivity contribution in [2.45, 2.75) is 11.9 Å². The smallest absolute Gasteiger partial charge is 0.233 e. The number of carbonyl (C=O) groups is 1. The number of amides is 1. The summed E-state index contributed by atoms with van der Waals surface area (Å²) in [7, 11) is 1.77. The van der Waals surface area contributed by atoms with Crippen LogP contribution in [0.1, 0.15) is 22.2 Å². The Morgan fingerprint density at radius 1 is 1.48 bits per heavy atom. The molecule has 1 aliphatic heterocycles. The van der Waals surface area contributed by atoms with Gasteiger partial charge in [-0.15, -0.1) is 16.9 Å². The van der Waals surface area contributed by atoms with Crippen LogP contribution in [0.15, 0.2) is 30.5 Å². The second-order valence-corrected chi connectivity index (χ2v) is 5.85. The van der Waals surface area contributed by atoms with Gasteiger partial charge in [0.05, 0.1) is 30.1 Å². The minimum atomic E-state index is -0.0718. The molecule has 2 aromatic rings. The van der Waals surface area contributed by atoms with Gasteiger partial charge < -0.3 is 4.90 Å². The van der Waals surface area contributed by atoms with Crippen molar-refractivity contribution in [2.24, 2.45) is 0 Å². The maximum atomic E-state index is 11.6. The zero-order chi connectivity index (χ0) is 14.8. The predicted molar refractivity (Wildman–Crippen MR) is 78.3 cm³/mol. The fraction of sp³-hybridized carbons (Fsp3) is 0.286. The van der Waals surface area contributed by atoms with Crippen LogP contribution in [0.5, 0.6) is 0 Å². The molecule has 1 atom stereocenters. The standard InChI is InChI=1S/C14H13N5OS/c1-18-13(20)9-21-14(18)12-8-19(17-16-12)7-11-5-3-2-4-10(11)6-15/h2-5,8,14H,7,9H2,1H3/t14-/m0/s1. The molecule has 7 heteroatoms. The molecule has 6 nitrogen and oxygen atoms in total. The number of thioether (sulfide) groups is 1. The SMILES string of the molecule is CN1C(=O)CS[C@H]1c1cn(Cc2ccccc2C#N)nn1. The number of nitrogens with zero attached hydrogens (tertiary/aromatic N) is 5. The summed E-state index contributed by atoms with van der Waals surface area (Å²) in [5.41, 5.74) is 2.31. The van der Waals surface area contributed by atoms with Crippen molar-refractivity contribution in [1.82, 2.24) is 19.9 Å². The summed E-state index contributed by atoms with van der Waals surface area (Å²) in [5, 5.41) is 17.3. The number of benzene rings is 1. The van der Waals surface area contributed by atoms with E-state index in [-0.39, 0.29) is 11.3 Å². The summed E-state index contributed by atoms with van der Waals surface area (Å²) in [6, 6.07) is 9.59. The summed E-state index contributed by atoms with van der Waals surface area (Å²) in [4.78, 5) is 13.2. The largest absolute Gasteiger partial charge is 0.327 e. The molecule has 0 spiro atoms. The molecule has 0 radical (unpaired) electrons. The first-order valence-corrected chi connectivity index (χ1v) is 7.49. The van der Waals surface area contributed by atoms with Gasteiger partial charge in [-0.2, -0.15) is 5.26 Å². The maximum Gasteiger partial charge on any atom is 0.233 e. The first-order valence-electron chi connectivity index (χ1n) is 6.44. The van der Waals surface area contributed by atoms with Gasteiger partial charge in [0.2, 0.25) is 5.91 Å². The van der Waals surface area contributed by atoms with E-state index >= 15 is 0 Å². The second kappa shape index (κ2) is 5.58. The zero-order valence-electron chi connectivity index (χ0n) is 11.4. The summed E-state index contributed by atoms with van der Waals surface area (Å²) in [6.45, 7) is 0.492. The van der Waals surface area contributed by atoms with Crippen LogP contribution in [0.4, 0.5) is 0 Å². The summed E-state index contributed by atoms with van der Waals surface area (Å²) in [6.07, 6.45) is 1.83. The highest BCUT2D eigenvalue weighted by atomic mass is 32.2. The lowest BCUT2D eigenvalue weighted by Gasteiger charge is -2.15. The van der Waals surface area contributed by atoms with Gasteiger partial charge in [-0.3, -0.25) is 4.79 Å². The van der Waals surface area contributed by atoms with E-state index in [1.54, 1.807) is 34.5 Å². The second-order valence-electron chi connectivity index (χ2n) is 4.78. The minimum Gasteiger partial charge on any atom is -0.327 e. The van der Waals surface area contributed by atoms with Crippen LogP contribution in [0.3, 0.4) is 0 Å². The van der Waals surface area contributed by atoms with Crippen molar-refractivity contribution >= 4 is 17.7 Å². The molecular weight excluding hydrogens is 286 g/mol. The van der Waals surface area contributed by atoms with Crippen LogP contribution in [0.25, 0.3) is 0 Å². The summed E-state index contributed by atoms with van der Waals surface area (Å²) < 4.78 is 1.70. The van der Waals surface area contributed by atoms with Gasteiger partial charge in [0, 0.05) is 7.05 Å². The number of hydrogen-bond acceptors (Lipinski definition) is 5. The molecule has 1 amide bonds. The molecule has 2 heterocycles. The Hall–Kier alpha value is -2.33. The highest BCUT2D eigenvalue weighted by Crippen LogP contribution is 2.35. The molecule has 1 aromatic carbocycles. The van der Waals surface area contributed by atoms with Gasteiger partial charge in [-0.05, 0) is 11.6 Å². The molecule has 1 aromatic heterocycles. The lowest BCUT2D eigenvalue weighted by molar-refractivity contribution is -0.126. The number of aromatic nitrogens is 3. The highest BCUT2D eigenvalue weighted by molar-refractivity contribution is 8.00. The lowest BCUT2D eigenvalue weighted by atomic mass is 10.1. The van der Waals surface area contributed by atoms with Crippen molar-refractivity contribution in [1.29, 1.82) is 5.26 Å². The highest BCUT2D eigenvalue weighted by Gasteiger charge is 2.31. The molecule has 1 aliphatic rings. The number of hydrogen-bond donors (Lipinski definition) is 0. The van der Waals surface area contributed by atoms with E-state index in [1.165, 1.54) is 0 Å². The zero-order valence-corrected chi connectivity index (χ0v) is 12.2. The third-order valence-electron chi connectivity index (χ3n) is 3.39. The van der Waals surface area contributed by atoms with Gasteiger partial charge in [-0.25, -0.2) is 4.68 Å². The van der Waals surface area contributed by atoms with Crippen molar-refractivity contribution in [2.75, 3.05) is 12.8 Å². The van der Waals surface area contributed by atoms with E-state index in [2.05, 4.69) is 16.4 Å². The molecule has 0 bridgehead atoms. The molecule has 0 saturated carbocycles. The van der Waals surface area contributed by atoms with Crippen molar-refractivity contribution < 1.29 is 4.79 Å². The van der Waals surface area contributed by atoms with E-state index in [0.29, 0.717) is 17.9 Å². The third-order valence-corrected chi connectivity index (χ3v) is 4.68. The average Bonchev–Trinajstić information content (AvgIpc) is 3.08. The van der Waals surface area contributed by atoms with Crippen molar-refractivity contribution in [3.05, 3.63) is 47.3 Å². The Balaban J connectivity index is 1.80. The Bertz CT molecular complexity index is 720. The first-order chi connectivity index (χ1) is 10.2. The van der Waals surface area contributed by atoms with Crippen molar-refractivity contribution in [3.8, 4) is 6.07 Å². The van der Waals surface area contributed by atoms with Crippen LogP contribution in [-0.4, -0.2) is 38.6 Å². The molecule has 0 N–H and O–H groups in total. The molecule has 0 unspecified atom stereocenters. The number of rotatable bonds is 3. The van der Waals surface area contributed by atoms with Gasteiger partial charge in [0.15, 0.2) is 0 Å². The molecule has 1 fully saturated rings. The molecular formula is C14H13N5OS. The van der Waals surface area contributed by atoms with Gasteiger partial charge in [-0.1, -0.05) is 23.4 Å². The number of carbonyl (C=O) groups excluding carboxylic acids is 1. The van der Waals surface area contributed by atoms with Gasteiger partial charge >= 0.3 is 0 Å². The third kappa shape index (κ3) is 2.62. The van der Waals surface area contributed by atoms with Crippen LogP contribution < -0.4 is 0 Å². The topological polar surface area (TPSA) is 74.8 Å². The van der Waals surface area contributed by atoms with E-state index in [4.69, 9.17) is 5.26 Å².